The van der Waals surface area contributed by atoms with E-state index in [1.54, 1.807) is 6.07 Å². The van der Waals surface area contributed by atoms with Crippen LogP contribution in [0.3, 0.4) is 0 Å². The SMILES string of the molecule is CCCCOc1ccc(-c2ccc([C@@]3(CC(=O)O)CCCCS3(=O)=O)s2)cc1. The first-order valence-electron chi connectivity index (χ1n) is 9.65. The Hall–Kier alpha value is -1.86. The van der Waals surface area contributed by atoms with Gasteiger partial charge in [-0.1, -0.05) is 19.8 Å². The van der Waals surface area contributed by atoms with Gasteiger partial charge in [-0.15, -0.1) is 11.3 Å². The predicted octanol–water partition coefficient (Wildman–Crippen LogP) is 4.86. The highest BCUT2D eigenvalue weighted by molar-refractivity contribution is 7.92. The Morgan fingerprint density at radius 3 is 2.57 bits per heavy atom. The summed E-state index contributed by atoms with van der Waals surface area (Å²) in [5.41, 5.74) is 0.970. The summed E-state index contributed by atoms with van der Waals surface area (Å²) in [5, 5.41) is 9.39. The number of unbranched alkanes of at least 4 members (excludes halogenated alkanes) is 1. The van der Waals surface area contributed by atoms with Gasteiger partial charge in [0.15, 0.2) is 9.84 Å². The molecule has 1 aliphatic heterocycles. The molecule has 0 radical (unpaired) electrons. The number of rotatable bonds is 8. The molecule has 0 saturated carbocycles. The number of hydrogen-bond donors (Lipinski definition) is 1. The van der Waals surface area contributed by atoms with Crippen molar-refractivity contribution in [2.75, 3.05) is 12.4 Å². The fraction of sp³-hybridized carbons (Fsp3) is 0.476. The zero-order chi connectivity index (χ0) is 20.2. The third-order valence-electron chi connectivity index (χ3n) is 5.24. The number of sulfone groups is 1. The first kappa shape index (κ1) is 20.9. The van der Waals surface area contributed by atoms with E-state index in [0.29, 0.717) is 24.3 Å². The molecule has 0 bridgehead atoms. The first-order chi connectivity index (χ1) is 13.4. The first-order valence-corrected chi connectivity index (χ1v) is 12.1. The topological polar surface area (TPSA) is 80.7 Å². The van der Waals surface area contributed by atoms with Crippen molar-refractivity contribution in [1.29, 1.82) is 0 Å². The van der Waals surface area contributed by atoms with E-state index in [9.17, 15) is 18.3 Å². The minimum atomic E-state index is -3.51. The minimum Gasteiger partial charge on any atom is -0.494 e. The van der Waals surface area contributed by atoms with Crippen molar-refractivity contribution in [3.8, 4) is 16.2 Å². The van der Waals surface area contributed by atoms with Crippen LogP contribution in [0.25, 0.3) is 10.4 Å². The molecule has 0 unspecified atom stereocenters. The second-order valence-electron chi connectivity index (χ2n) is 7.23. The summed E-state index contributed by atoms with van der Waals surface area (Å²) < 4.78 is 30.1. The van der Waals surface area contributed by atoms with Gasteiger partial charge in [-0.3, -0.25) is 4.79 Å². The lowest BCUT2D eigenvalue weighted by atomic mass is 9.95. The van der Waals surface area contributed by atoms with Crippen molar-refractivity contribution >= 4 is 27.1 Å². The Bertz CT molecular complexity index is 915. The van der Waals surface area contributed by atoms with Gasteiger partial charge >= 0.3 is 5.97 Å². The molecule has 0 spiro atoms. The van der Waals surface area contributed by atoms with E-state index in [2.05, 4.69) is 6.92 Å². The van der Waals surface area contributed by atoms with Crippen molar-refractivity contribution in [3.05, 3.63) is 41.3 Å². The molecule has 7 heteroatoms. The normalized spacial score (nSPS) is 21.3. The van der Waals surface area contributed by atoms with Crippen molar-refractivity contribution < 1.29 is 23.1 Å². The number of aliphatic carboxylic acids is 1. The zero-order valence-corrected chi connectivity index (χ0v) is 17.7. The standard InChI is InChI=1S/C21H26O5S2/c1-2-3-13-26-17-8-6-16(7-9-17)18-10-11-19(27-18)21(15-20(22)23)12-4-5-14-28(21,24)25/h6-11H,2-5,12-15H2,1H3,(H,22,23)/t21-/m0/s1. The largest absolute Gasteiger partial charge is 0.494 e. The molecule has 1 aromatic carbocycles. The van der Waals surface area contributed by atoms with Crippen LogP contribution in [0.5, 0.6) is 5.75 Å². The Morgan fingerprint density at radius 1 is 1.18 bits per heavy atom. The van der Waals surface area contributed by atoms with E-state index in [4.69, 9.17) is 4.74 Å². The second kappa shape index (κ2) is 8.66. The molecule has 0 aliphatic carbocycles. The highest BCUT2D eigenvalue weighted by Gasteiger charge is 2.49. The maximum Gasteiger partial charge on any atom is 0.305 e. The predicted molar refractivity (Wildman–Crippen MR) is 112 cm³/mol. The monoisotopic (exact) mass is 422 g/mol. The third-order valence-corrected chi connectivity index (χ3v) is 9.29. The minimum absolute atomic E-state index is 0.0529. The molecule has 1 saturated heterocycles. The van der Waals surface area contributed by atoms with Crippen molar-refractivity contribution in [2.24, 2.45) is 0 Å². The molecular weight excluding hydrogens is 396 g/mol. The average Bonchev–Trinajstić information content (AvgIpc) is 3.14. The van der Waals surface area contributed by atoms with Gasteiger partial charge in [0.1, 0.15) is 10.5 Å². The molecule has 1 fully saturated rings. The van der Waals surface area contributed by atoms with Crippen LogP contribution in [0.4, 0.5) is 0 Å². The van der Waals surface area contributed by atoms with Crippen LogP contribution in [-0.4, -0.2) is 31.9 Å². The van der Waals surface area contributed by atoms with Gasteiger partial charge in [0.25, 0.3) is 0 Å². The summed E-state index contributed by atoms with van der Waals surface area (Å²) in [7, 11) is -3.51. The summed E-state index contributed by atoms with van der Waals surface area (Å²) in [6, 6.07) is 11.4. The van der Waals surface area contributed by atoms with Gasteiger partial charge in [0.2, 0.25) is 0 Å². The van der Waals surface area contributed by atoms with E-state index in [1.165, 1.54) is 11.3 Å². The fourth-order valence-electron chi connectivity index (χ4n) is 3.65. The number of hydrogen-bond acceptors (Lipinski definition) is 5. The lowest BCUT2D eigenvalue weighted by molar-refractivity contribution is -0.137. The zero-order valence-electron chi connectivity index (χ0n) is 16.0. The number of carboxylic acids is 1. The van der Waals surface area contributed by atoms with Gasteiger partial charge in [-0.05, 0) is 61.2 Å². The second-order valence-corrected chi connectivity index (χ2v) is 10.7. The molecular formula is C21H26O5S2. The number of carboxylic acid groups (broad SMARTS) is 1. The van der Waals surface area contributed by atoms with Gasteiger partial charge < -0.3 is 9.84 Å². The van der Waals surface area contributed by atoms with Crippen LogP contribution in [0.15, 0.2) is 36.4 Å². The quantitative estimate of drug-likeness (QED) is 0.614. The molecule has 28 heavy (non-hydrogen) atoms. The third kappa shape index (κ3) is 4.25. The fourth-order valence-corrected chi connectivity index (χ4v) is 7.42. The summed E-state index contributed by atoms with van der Waals surface area (Å²) in [4.78, 5) is 13.0. The molecule has 152 valence electrons. The lowest BCUT2D eigenvalue weighted by Crippen LogP contribution is -2.41. The molecule has 5 nitrogen and oxygen atoms in total. The number of thiophene rings is 1. The van der Waals surface area contributed by atoms with Crippen molar-refractivity contribution in [1.82, 2.24) is 0 Å². The Balaban J connectivity index is 1.88. The molecule has 3 rings (SSSR count). The van der Waals surface area contributed by atoms with Crippen LogP contribution in [0.1, 0.15) is 50.3 Å². The molecule has 2 heterocycles. The van der Waals surface area contributed by atoms with Crippen molar-refractivity contribution in [2.45, 2.75) is 50.2 Å². The van der Waals surface area contributed by atoms with Gasteiger partial charge in [0.05, 0.1) is 18.8 Å². The number of carbonyl (C=O) groups is 1. The van der Waals surface area contributed by atoms with Gasteiger partial charge in [-0.2, -0.15) is 0 Å². The summed E-state index contributed by atoms with van der Waals surface area (Å²) in [5.74, 6) is -0.211. The Labute approximate surface area is 170 Å². The number of benzene rings is 1. The average molecular weight is 423 g/mol. The summed E-state index contributed by atoms with van der Waals surface area (Å²) >= 11 is 1.38. The molecule has 1 N–H and O–H groups in total. The molecule has 1 aromatic heterocycles. The molecule has 2 aromatic rings. The van der Waals surface area contributed by atoms with Gasteiger partial charge in [-0.25, -0.2) is 8.42 Å². The molecule has 1 aliphatic rings. The summed E-state index contributed by atoms with van der Waals surface area (Å²) in [6.45, 7) is 2.80. The van der Waals surface area contributed by atoms with Crippen LogP contribution in [-0.2, 0) is 19.4 Å². The molecule has 0 amide bonds. The van der Waals surface area contributed by atoms with Crippen LogP contribution in [0.2, 0.25) is 0 Å². The van der Waals surface area contributed by atoms with Crippen LogP contribution >= 0.6 is 11.3 Å². The maximum atomic E-state index is 12.9. The van der Waals surface area contributed by atoms with E-state index in [0.717, 1.165) is 35.5 Å². The van der Waals surface area contributed by atoms with Crippen LogP contribution in [0, 0.1) is 0 Å². The Morgan fingerprint density at radius 2 is 1.93 bits per heavy atom. The highest BCUT2D eigenvalue weighted by Crippen LogP contribution is 2.47. The van der Waals surface area contributed by atoms with E-state index in [1.807, 2.05) is 30.3 Å². The molecule has 1 atom stereocenters. The Kier molecular flexibility index (Phi) is 6.45. The van der Waals surface area contributed by atoms with E-state index in [-0.39, 0.29) is 12.2 Å². The van der Waals surface area contributed by atoms with Crippen molar-refractivity contribution in [3.63, 3.8) is 0 Å². The lowest BCUT2D eigenvalue weighted by Gasteiger charge is -2.34. The highest BCUT2D eigenvalue weighted by atomic mass is 32.2. The summed E-state index contributed by atoms with van der Waals surface area (Å²) in [6.07, 6.45) is 3.41. The van der Waals surface area contributed by atoms with E-state index >= 15 is 0 Å². The smallest absolute Gasteiger partial charge is 0.305 e. The van der Waals surface area contributed by atoms with Gasteiger partial charge in [0, 0.05) is 9.75 Å². The van der Waals surface area contributed by atoms with E-state index < -0.39 is 20.6 Å². The van der Waals surface area contributed by atoms with Crippen LogP contribution < -0.4 is 4.74 Å². The number of ether oxygens (including phenoxy) is 1. The maximum absolute atomic E-state index is 12.9.